The van der Waals surface area contributed by atoms with Gasteiger partial charge >= 0.3 is 0 Å². The van der Waals surface area contributed by atoms with E-state index in [1.165, 1.54) is 0 Å². The van der Waals surface area contributed by atoms with Gasteiger partial charge in [-0.25, -0.2) is 4.98 Å². The van der Waals surface area contributed by atoms with E-state index < -0.39 is 0 Å². The molecule has 2 rings (SSSR count). The van der Waals surface area contributed by atoms with Crippen LogP contribution in [-0.4, -0.2) is 9.97 Å². The van der Waals surface area contributed by atoms with Crippen LogP contribution in [0.5, 0.6) is 0 Å². The standard InChI is InChI=1S/C9H6ClN3/c10-7-4-9-8(12-5-13-9)3-6(7)1-2-11/h3-5H,1H2,(H,12,13). The summed E-state index contributed by atoms with van der Waals surface area (Å²) in [5.74, 6) is 0. The van der Waals surface area contributed by atoms with E-state index in [1.54, 1.807) is 12.4 Å². The minimum atomic E-state index is 0.327. The third kappa shape index (κ3) is 1.36. The van der Waals surface area contributed by atoms with Crippen molar-refractivity contribution in [3.8, 4) is 6.07 Å². The van der Waals surface area contributed by atoms with E-state index in [0.717, 1.165) is 16.6 Å². The van der Waals surface area contributed by atoms with Crippen LogP contribution in [0.15, 0.2) is 18.5 Å². The zero-order valence-corrected chi connectivity index (χ0v) is 7.47. The molecule has 0 bridgehead atoms. The van der Waals surface area contributed by atoms with Gasteiger partial charge in [-0.15, -0.1) is 0 Å². The second-order valence-corrected chi connectivity index (χ2v) is 3.11. The fourth-order valence-corrected chi connectivity index (χ4v) is 1.45. The van der Waals surface area contributed by atoms with Crippen LogP contribution in [-0.2, 0) is 6.42 Å². The van der Waals surface area contributed by atoms with Crippen LogP contribution >= 0.6 is 11.6 Å². The van der Waals surface area contributed by atoms with Crippen LogP contribution in [0.2, 0.25) is 5.02 Å². The van der Waals surface area contributed by atoms with Gasteiger partial charge in [-0.3, -0.25) is 0 Å². The zero-order valence-electron chi connectivity index (χ0n) is 6.71. The van der Waals surface area contributed by atoms with Gasteiger partial charge < -0.3 is 4.98 Å². The summed E-state index contributed by atoms with van der Waals surface area (Å²) in [4.78, 5) is 7.02. The number of hydrogen-bond acceptors (Lipinski definition) is 2. The normalized spacial score (nSPS) is 10.2. The minimum Gasteiger partial charge on any atom is -0.345 e. The van der Waals surface area contributed by atoms with Crippen molar-refractivity contribution in [2.24, 2.45) is 0 Å². The number of benzene rings is 1. The molecule has 13 heavy (non-hydrogen) atoms. The van der Waals surface area contributed by atoms with E-state index in [9.17, 15) is 0 Å². The third-order valence-corrected chi connectivity index (χ3v) is 2.21. The average molecular weight is 192 g/mol. The summed E-state index contributed by atoms with van der Waals surface area (Å²) in [6.07, 6.45) is 1.94. The van der Waals surface area contributed by atoms with Gasteiger partial charge in [-0.05, 0) is 17.7 Å². The van der Waals surface area contributed by atoms with E-state index in [0.29, 0.717) is 11.4 Å². The first kappa shape index (κ1) is 8.09. The summed E-state index contributed by atoms with van der Waals surface area (Å²) in [5.41, 5.74) is 2.57. The molecule has 1 aromatic carbocycles. The molecule has 1 aromatic heterocycles. The van der Waals surface area contributed by atoms with Gasteiger partial charge in [0.15, 0.2) is 0 Å². The summed E-state index contributed by atoms with van der Waals surface area (Å²) >= 11 is 5.93. The summed E-state index contributed by atoms with van der Waals surface area (Å²) in [7, 11) is 0. The van der Waals surface area contributed by atoms with Gasteiger partial charge in [0.1, 0.15) is 0 Å². The number of nitriles is 1. The molecule has 0 unspecified atom stereocenters. The van der Waals surface area contributed by atoms with E-state index >= 15 is 0 Å². The summed E-state index contributed by atoms with van der Waals surface area (Å²) in [6.45, 7) is 0. The Morgan fingerprint density at radius 1 is 1.54 bits per heavy atom. The van der Waals surface area contributed by atoms with E-state index in [4.69, 9.17) is 16.9 Å². The Labute approximate surface area is 80.0 Å². The fourth-order valence-electron chi connectivity index (χ4n) is 1.22. The Morgan fingerprint density at radius 3 is 3.15 bits per heavy atom. The number of aromatic nitrogens is 2. The van der Waals surface area contributed by atoms with Crippen LogP contribution in [0.1, 0.15) is 5.56 Å². The SMILES string of the molecule is N#CCc1cc2[nH]cnc2cc1Cl. The van der Waals surface area contributed by atoms with Crippen molar-refractivity contribution in [1.82, 2.24) is 9.97 Å². The second-order valence-electron chi connectivity index (χ2n) is 2.70. The Balaban J connectivity index is 2.64. The van der Waals surface area contributed by atoms with Gasteiger partial charge in [0.2, 0.25) is 0 Å². The number of imidazole rings is 1. The highest BCUT2D eigenvalue weighted by atomic mass is 35.5. The highest BCUT2D eigenvalue weighted by Gasteiger charge is 2.03. The molecule has 0 fully saturated rings. The van der Waals surface area contributed by atoms with Crippen molar-refractivity contribution >= 4 is 22.6 Å². The molecule has 0 aliphatic heterocycles. The monoisotopic (exact) mass is 191 g/mol. The highest BCUT2D eigenvalue weighted by Crippen LogP contribution is 2.21. The van der Waals surface area contributed by atoms with Crippen molar-refractivity contribution in [3.63, 3.8) is 0 Å². The molecule has 0 spiro atoms. The molecular formula is C9H6ClN3. The van der Waals surface area contributed by atoms with E-state index in [1.807, 2.05) is 6.07 Å². The Bertz CT molecular complexity index is 481. The van der Waals surface area contributed by atoms with Crippen molar-refractivity contribution < 1.29 is 0 Å². The first-order valence-electron chi connectivity index (χ1n) is 3.79. The molecule has 2 aromatic rings. The van der Waals surface area contributed by atoms with Crippen molar-refractivity contribution in [2.75, 3.05) is 0 Å². The van der Waals surface area contributed by atoms with Crippen molar-refractivity contribution in [2.45, 2.75) is 6.42 Å². The minimum absolute atomic E-state index is 0.327. The molecule has 0 amide bonds. The van der Waals surface area contributed by atoms with Crippen LogP contribution in [0.4, 0.5) is 0 Å². The van der Waals surface area contributed by atoms with Crippen LogP contribution in [0.3, 0.4) is 0 Å². The smallest absolute Gasteiger partial charge is 0.0931 e. The predicted octanol–water partition coefficient (Wildman–Crippen LogP) is 2.28. The maximum atomic E-state index is 8.53. The Kier molecular flexibility index (Phi) is 1.91. The number of aromatic amines is 1. The lowest BCUT2D eigenvalue weighted by atomic mass is 10.1. The van der Waals surface area contributed by atoms with Crippen LogP contribution in [0, 0.1) is 11.3 Å². The Morgan fingerprint density at radius 2 is 2.38 bits per heavy atom. The largest absolute Gasteiger partial charge is 0.345 e. The average Bonchev–Trinajstić information content (AvgIpc) is 2.52. The predicted molar refractivity (Wildman–Crippen MR) is 50.4 cm³/mol. The number of hydrogen-bond donors (Lipinski definition) is 1. The van der Waals surface area contributed by atoms with Crippen molar-refractivity contribution in [1.29, 1.82) is 5.26 Å². The van der Waals surface area contributed by atoms with Gasteiger partial charge in [-0.1, -0.05) is 11.6 Å². The molecule has 1 heterocycles. The summed E-state index contributed by atoms with van der Waals surface area (Å²) < 4.78 is 0. The molecule has 1 N–H and O–H groups in total. The zero-order chi connectivity index (χ0) is 9.26. The van der Waals surface area contributed by atoms with Gasteiger partial charge in [0.25, 0.3) is 0 Å². The molecule has 0 saturated carbocycles. The summed E-state index contributed by atoms with van der Waals surface area (Å²) in [5, 5.41) is 9.13. The molecule has 0 aliphatic carbocycles. The van der Waals surface area contributed by atoms with Crippen LogP contribution < -0.4 is 0 Å². The van der Waals surface area contributed by atoms with Gasteiger partial charge in [0, 0.05) is 5.02 Å². The lowest BCUT2D eigenvalue weighted by Crippen LogP contribution is -1.83. The number of halogens is 1. The molecule has 0 aliphatic rings. The third-order valence-electron chi connectivity index (χ3n) is 1.86. The molecule has 0 saturated heterocycles. The molecule has 4 heteroatoms. The number of nitrogens with zero attached hydrogens (tertiary/aromatic N) is 2. The number of rotatable bonds is 1. The number of H-pyrrole nitrogens is 1. The maximum Gasteiger partial charge on any atom is 0.0931 e. The maximum absolute atomic E-state index is 8.53. The molecule has 0 radical (unpaired) electrons. The Hall–Kier alpha value is -1.53. The first-order chi connectivity index (χ1) is 6.31. The summed E-state index contributed by atoms with van der Waals surface area (Å²) in [6, 6.07) is 5.68. The van der Waals surface area contributed by atoms with E-state index in [2.05, 4.69) is 16.0 Å². The number of fused-ring (bicyclic) bond motifs is 1. The highest BCUT2D eigenvalue weighted by molar-refractivity contribution is 6.32. The van der Waals surface area contributed by atoms with Crippen LogP contribution in [0.25, 0.3) is 11.0 Å². The molecule has 64 valence electrons. The van der Waals surface area contributed by atoms with Crippen molar-refractivity contribution in [3.05, 3.63) is 29.0 Å². The number of nitrogens with one attached hydrogen (secondary N) is 1. The quantitative estimate of drug-likeness (QED) is 0.752. The molecule has 0 atom stereocenters. The molecular weight excluding hydrogens is 186 g/mol. The lowest BCUT2D eigenvalue weighted by Gasteiger charge is -1.98. The molecule has 3 nitrogen and oxygen atoms in total. The second kappa shape index (κ2) is 3.08. The van der Waals surface area contributed by atoms with E-state index in [-0.39, 0.29) is 0 Å². The fraction of sp³-hybridized carbons (Fsp3) is 0.111. The first-order valence-corrected chi connectivity index (χ1v) is 4.17. The van der Waals surface area contributed by atoms with Gasteiger partial charge in [-0.2, -0.15) is 5.26 Å². The van der Waals surface area contributed by atoms with Gasteiger partial charge in [0.05, 0.1) is 29.9 Å². The lowest BCUT2D eigenvalue weighted by molar-refractivity contribution is 1.27. The topological polar surface area (TPSA) is 52.5 Å².